The van der Waals surface area contributed by atoms with Crippen LogP contribution in [0.15, 0.2) is 67.1 Å². The van der Waals surface area contributed by atoms with E-state index < -0.39 is 5.91 Å². The molecule has 11 nitrogen and oxygen atoms in total. The molecule has 0 saturated carbocycles. The number of aromatic nitrogens is 2. The molecule has 224 valence electrons. The molecule has 3 aromatic rings. The molecule has 0 spiro atoms. The lowest BCUT2D eigenvalue weighted by Crippen LogP contribution is -2.54. The fraction of sp³-hybridized carbons (Fsp3) is 0.406. The Kier molecular flexibility index (Phi) is 8.62. The van der Waals surface area contributed by atoms with E-state index in [1.807, 2.05) is 18.2 Å². The summed E-state index contributed by atoms with van der Waals surface area (Å²) in [5.74, 6) is -0.236. The minimum Gasteiger partial charge on any atom is -0.490 e. The molecule has 2 aromatic carbocycles. The average Bonchev–Trinajstić information content (AvgIpc) is 3.46. The van der Waals surface area contributed by atoms with Crippen LogP contribution in [0.25, 0.3) is 0 Å². The lowest BCUT2D eigenvalue weighted by Gasteiger charge is -2.42. The molecule has 4 heterocycles. The second kappa shape index (κ2) is 12.9. The van der Waals surface area contributed by atoms with Crippen LogP contribution >= 0.6 is 0 Å². The Morgan fingerprint density at radius 1 is 1.07 bits per heavy atom. The molecule has 6 rings (SSSR count). The van der Waals surface area contributed by atoms with E-state index in [1.54, 1.807) is 30.1 Å². The van der Waals surface area contributed by atoms with Gasteiger partial charge >= 0.3 is 0 Å². The van der Waals surface area contributed by atoms with Gasteiger partial charge in [0, 0.05) is 50.8 Å². The van der Waals surface area contributed by atoms with Crippen LogP contribution in [-0.2, 0) is 16.1 Å². The summed E-state index contributed by atoms with van der Waals surface area (Å²) in [7, 11) is 1.76. The number of rotatable bonds is 7. The minimum atomic E-state index is -0.422. The average molecular weight is 585 g/mol. The second-order valence-corrected chi connectivity index (χ2v) is 11.4. The molecule has 0 radical (unpaired) electrons. The van der Waals surface area contributed by atoms with Crippen LogP contribution in [0, 0.1) is 0 Å². The third-order valence-corrected chi connectivity index (χ3v) is 8.36. The van der Waals surface area contributed by atoms with Crippen LogP contribution in [0.2, 0.25) is 0 Å². The van der Waals surface area contributed by atoms with Gasteiger partial charge in [-0.1, -0.05) is 30.3 Å². The zero-order valence-corrected chi connectivity index (χ0v) is 24.1. The molecule has 3 aliphatic heterocycles. The number of nitrogens with zero attached hydrogens (tertiary/aromatic N) is 4. The first kappa shape index (κ1) is 28.8. The van der Waals surface area contributed by atoms with E-state index in [2.05, 4.69) is 37.6 Å². The number of ether oxygens (including phenoxy) is 2. The Morgan fingerprint density at radius 2 is 1.93 bits per heavy atom. The smallest absolute Gasteiger partial charge is 0.275 e. The second-order valence-electron chi connectivity index (χ2n) is 11.4. The summed E-state index contributed by atoms with van der Waals surface area (Å²) in [5, 5.41) is 5.97. The molecule has 1 aromatic heterocycles. The quantitative estimate of drug-likeness (QED) is 0.434. The van der Waals surface area contributed by atoms with Gasteiger partial charge in [-0.3, -0.25) is 24.3 Å². The number of hydrogen-bond acceptors (Lipinski definition) is 8. The maximum atomic E-state index is 13.5. The summed E-state index contributed by atoms with van der Waals surface area (Å²) in [5.41, 5.74) is 2.26. The summed E-state index contributed by atoms with van der Waals surface area (Å²) in [6.45, 7) is 2.92. The number of amides is 3. The number of carbonyl (C=O) groups excluding carboxylic acids is 3. The highest BCUT2D eigenvalue weighted by molar-refractivity contribution is 6.04. The molecule has 2 N–H and O–H groups in total. The predicted octanol–water partition coefficient (Wildman–Crippen LogP) is 2.89. The Bertz CT molecular complexity index is 1460. The standard InChI is InChI=1S/C32H36N6O5/c1-37-27-9-8-24(16-30(39)35-23-11-14-38(19-23)18-21-5-3-2-4-6-21)43-29(27)20-42-28-10-7-22(15-25(28)32(37)41)36-31(40)26-17-33-12-13-34-26/h2-7,10,12-13,15,17,23-24,27,29H,8-9,11,14,16,18-20H2,1H3,(H,35,39)(H,36,40)/t23-,24+,27+,29-/m0/s1. The normalized spacial score (nSPS) is 23.7. The highest BCUT2D eigenvalue weighted by Gasteiger charge is 2.39. The number of benzene rings is 2. The molecular weight excluding hydrogens is 548 g/mol. The topological polar surface area (TPSA) is 126 Å². The van der Waals surface area contributed by atoms with Crippen LogP contribution in [0.1, 0.15) is 52.1 Å². The number of anilines is 1. The molecule has 0 aliphatic carbocycles. The van der Waals surface area contributed by atoms with E-state index in [1.165, 1.54) is 24.2 Å². The van der Waals surface area contributed by atoms with Crippen molar-refractivity contribution in [1.29, 1.82) is 0 Å². The molecule has 2 fully saturated rings. The lowest BCUT2D eigenvalue weighted by molar-refractivity contribution is -0.134. The van der Waals surface area contributed by atoms with Crippen molar-refractivity contribution in [2.45, 2.75) is 56.5 Å². The third-order valence-electron chi connectivity index (χ3n) is 8.36. The molecule has 0 bridgehead atoms. The van der Waals surface area contributed by atoms with Gasteiger partial charge in [-0.05, 0) is 43.0 Å². The summed E-state index contributed by atoms with van der Waals surface area (Å²) in [4.78, 5) is 51.0. The lowest BCUT2D eigenvalue weighted by atomic mass is 9.94. The number of carbonyl (C=O) groups is 3. The van der Waals surface area contributed by atoms with E-state index in [9.17, 15) is 14.4 Å². The largest absolute Gasteiger partial charge is 0.490 e. The first-order chi connectivity index (χ1) is 20.9. The van der Waals surface area contributed by atoms with E-state index in [0.717, 1.165) is 26.1 Å². The van der Waals surface area contributed by atoms with Crippen LogP contribution in [0.5, 0.6) is 5.75 Å². The summed E-state index contributed by atoms with van der Waals surface area (Å²) >= 11 is 0. The summed E-state index contributed by atoms with van der Waals surface area (Å²) in [6.07, 6.45) is 6.27. The van der Waals surface area contributed by atoms with Crippen molar-refractivity contribution in [3.8, 4) is 5.75 Å². The monoisotopic (exact) mass is 584 g/mol. The van der Waals surface area contributed by atoms with Crippen molar-refractivity contribution >= 4 is 23.4 Å². The van der Waals surface area contributed by atoms with Gasteiger partial charge in [-0.15, -0.1) is 0 Å². The highest BCUT2D eigenvalue weighted by Crippen LogP contribution is 2.32. The number of hydrogen-bond donors (Lipinski definition) is 2. The Morgan fingerprint density at radius 3 is 2.74 bits per heavy atom. The Hall–Kier alpha value is -4.35. The van der Waals surface area contributed by atoms with Gasteiger partial charge in [0.2, 0.25) is 5.91 Å². The predicted molar refractivity (Wildman–Crippen MR) is 159 cm³/mol. The van der Waals surface area contributed by atoms with Gasteiger partial charge in [-0.25, -0.2) is 4.98 Å². The first-order valence-corrected chi connectivity index (χ1v) is 14.8. The van der Waals surface area contributed by atoms with Crippen molar-refractivity contribution in [1.82, 2.24) is 25.1 Å². The zero-order valence-electron chi connectivity index (χ0n) is 24.1. The van der Waals surface area contributed by atoms with Crippen LogP contribution in [0.4, 0.5) is 5.69 Å². The number of likely N-dealkylation sites (tertiary alicyclic amines) is 1. The van der Waals surface area contributed by atoms with Gasteiger partial charge in [-0.2, -0.15) is 0 Å². The summed E-state index contributed by atoms with van der Waals surface area (Å²) in [6, 6.07) is 15.3. The van der Waals surface area contributed by atoms with Gasteiger partial charge in [0.1, 0.15) is 24.2 Å². The first-order valence-electron chi connectivity index (χ1n) is 14.8. The van der Waals surface area contributed by atoms with E-state index >= 15 is 0 Å². The number of nitrogens with one attached hydrogen (secondary N) is 2. The van der Waals surface area contributed by atoms with Crippen molar-refractivity contribution in [3.63, 3.8) is 0 Å². The fourth-order valence-electron chi connectivity index (χ4n) is 6.15. The zero-order chi connectivity index (χ0) is 29.8. The minimum absolute atomic E-state index is 0.00684. The van der Waals surface area contributed by atoms with Crippen LogP contribution in [-0.4, -0.2) is 88.5 Å². The van der Waals surface area contributed by atoms with Crippen molar-refractivity contribution in [3.05, 3.63) is 83.9 Å². The SMILES string of the molecule is CN1C(=O)c2cc(NC(=O)c3cnccn3)ccc2OC[C@@H]2O[C@@H](CC(=O)N[C@H]3CCN(Cc4ccccc4)C3)CC[C@H]21. The number of fused-ring (bicyclic) bond motifs is 2. The molecule has 3 aliphatic rings. The van der Waals surface area contributed by atoms with Gasteiger partial charge < -0.3 is 25.0 Å². The Balaban J connectivity index is 1.03. The van der Waals surface area contributed by atoms with Crippen LogP contribution < -0.4 is 15.4 Å². The van der Waals surface area contributed by atoms with Crippen molar-refractivity contribution in [2.75, 3.05) is 32.1 Å². The molecule has 4 atom stereocenters. The van der Waals surface area contributed by atoms with Crippen LogP contribution in [0.3, 0.4) is 0 Å². The Labute approximate surface area is 250 Å². The maximum Gasteiger partial charge on any atom is 0.275 e. The van der Waals surface area contributed by atoms with Gasteiger partial charge in [0.15, 0.2) is 0 Å². The third kappa shape index (κ3) is 6.84. The summed E-state index contributed by atoms with van der Waals surface area (Å²) < 4.78 is 12.4. The molecule has 11 heteroatoms. The van der Waals surface area contributed by atoms with Crippen molar-refractivity contribution < 1.29 is 23.9 Å². The number of likely N-dealkylation sites (N-methyl/N-ethyl adjacent to an activating group) is 1. The molecular formula is C32H36N6O5. The fourth-order valence-corrected chi connectivity index (χ4v) is 6.15. The van der Waals surface area contributed by atoms with Gasteiger partial charge in [0.05, 0.1) is 30.3 Å². The van der Waals surface area contributed by atoms with E-state index in [0.29, 0.717) is 29.8 Å². The molecule has 0 unspecified atom stereocenters. The van der Waals surface area contributed by atoms with E-state index in [-0.39, 0.29) is 54.8 Å². The van der Waals surface area contributed by atoms with E-state index in [4.69, 9.17) is 9.47 Å². The van der Waals surface area contributed by atoms with Crippen molar-refractivity contribution in [2.24, 2.45) is 0 Å². The van der Waals surface area contributed by atoms with Gasteiger partial charge in [0.25, 0.3) is 11.8 Å². The molecule has 43 heavy (non-hydrogen) atoms. The molecule has 3 amide bonds. The highest BCUT2D eigenvalue weighted by atomic mass is 16.5. The molecule has 2 saturated heterocycles. The maximum absolute atomic E-state index is 13.5.